The highest BCUT2D eigenvalue weighted by Gasteiger charge is 2.27. The molecule has 0 aliphatic carbocycles. The minimum atomic E-state index is -0.128. The van der Waals surface area contributed by atoms with Crippen LogP contribution in [-0.2, 0) is 10.8 Å². The summed E-state index contributed by atoms with van der Waals surface area (Å²) in [6, 6.07) is 4.42. The Morgan fingerprint density at radius 3 is 1.96 bits per heavy atom. The molecular formula is C20H30N2OS. The van der Waals surface area contributed by atoms with E-state index in [9.17, 15) is 5.11 Å². The molecule has 0 aliphatic heterocycles. The van der Waals surface area contributed by atoms with Crippen LogP contribution in [0, 0.1) is 0 Å². The first-order chi connectivity index (χ1) is 10.9. The summed E-state index contributed by atoms with van der Waals surface area (Å²) in [6.07, 6.45) is 0. The van der Waals surface area contributed by atoms with E-state index < -0.39 is 0 Å². The van der Waals surface area contributed by atoms with Crippen LogP contribution in [0.2, 0.25) is 0 Å². The molecule has 0 bridgehead atoms. The lowest BCUT2D eigenvalue weighted by Gasteiger charge is -2.28. The number of rotatable bonds is 3. The molecule has 4 heteroatoms. The van der Waals surface area contributed by atoms with Gasteiger partial charge in [-0.1, -0.05) is 41.5 Å². The Balaban J connectivity index is 2.64. The summed E-state index contributed by atoms with van der Waals surface area (Å²) < 4.78 is 0. The second-order valence-electron chi connectivity index (χ2n) is 8.50. The van der Waals surface area contributed by atoms with Crippen LogP contribution in [0.3, 0.4) is 0 Å². The highest BCUT2D eigenvalue weighted by molar-refractivity contribution is 7.10. The third-order valence-electron chi connectivity index (χ3n) is 4.35. The number of thiazole rings is 1. The molecule has 0 unspecified atom stereocenters. The predicted molar refractivity (Wildman–Crippen MR) is 104 cm³/mol. The van der Waals surface area contributed by atoms with E-state index in [1.165, 1.54) is 0 Å². The molecule has 0 spiro atoms. The van der Waals surface area contributed by atoms with Gasteiger partial charge >= 0.3 is 0 Å². The van der Waals surface area contributed by atoms with Gasteiger partial charge in [0.05, 0.1) is 11.7 Å². The van der Waals surface area contributed by atoms with Crippen LogP contribution in [0.15, 0.2) is 17.5 Å². The Kier molecular flexibility index (Phi) is 5.12. The van der Waals surface area contributed by atoms with Crippen LogP contribution >= 0.6 is 11.3 Å². The fourth-order valence-electron chi connectivity index (χ4n) is 2.67. The van der Waals surface area contributed by atoms with Crippen molar-refractivity contribution >= 4 is 11.3 Å². The van der Waals surface area contributed by atoms with Crippen LogP contribution in [0.25, 0.3) is 11.3 Å². The number of benzene rings is 1. The van der Waals surface area contributed by atoms with E-state index >= 15 is 0 Å². The molecule has 1 atom stereocenters. The largest absolute Gasteiger partial charge is 0.507 e. The summed E-state index contributed by atoms with van der Waals surface area (Å²) >= 11 is 1.67. The van der Waals surface area contributed by atoms with Crippen LogP contribution < -0.4 is 5.32 Å². The molecule has 2 rings (SSSR count). The van der Waals surface area contributed by atoms with E-state index in [4.69, 9.17) is 4.98 Å². The van der Waals surface area contributed by atoms with Gasteiger partial charge in [0.1, 0.15) is 10.8 Å². The molecule has 0 saturated carbocycles. The summed E-state index contributed by atoms with van der Waals surface area (Å²) in [5.41, 5.74) is 3.75. The molecule has 1 heterocycles. The van der Waals surface area contributed by atoms with Crippen molar-refractivity contribution in [3.8, 4) is 17.0 Å². The monoisotopic (exact) mass is 346 g/mol. The van der Waals surface area contributed by atoms with Crippen molar-refractivity contribution in [2.45, 2.75) is 65.3 Å². The minimum Gasteiger partial charge on any atom is -0.507 e. The predicted octanol–water partition coefficient (Wildman–Crippen LogP) is 5.39. The third kappa shape index (κ3) is 3.81. The lowest BCUT2D eigenvalue weighted by molar-refractivity contribution is 0.423. The van der Waals surface area contributed by atoms with Crippen molar-refractivity contribution < 1.29 is 5.11 Å². The zero-order chi connectivity index (χ0) is 18.3. The maximum atomic E-state index is 10.8. The highest BCUT2D eigenvalue weighted by Crippen LogP contribution is 2.42. The Bertz CT molecular complexity index is 685. The zero-order valence-electron chi connectivity index (χ0n) is 16.1. The topological polar surface area (TPSA) is 45.2 Å². The van der Waals surface area contributed by atoms with Gasteiger partial charge in [-0.2, -0.15) is 0 Å². The second-order valence-corrected chi connectivity index (χ2v) is 9.39. The fourth-order valence-corrected chi connectivity index (χ4v) is 3.56. The summed E-state index contributed by atoms with van der Waals surface area (Å²) in [5, 5.41) is 17.3. The van der Waals surface area contributed by atoms with Gasteiger partial charge in [-0.25, -0.2) is 4.98 Å². The van der Waals surface area contributed by atoms with Crippen LogP contribution in [-0.4, -0.2) is 17.1 Å². The molecule has 2 N–H and O–H groups in total. The smallest absolute Gasteiger partial charge is 0.123 e. The van der Waals surface area contributed by atoms with Gasteiger partial charge in [0.25, 0.3) is 0 Å². The normalized spacial score (nSPS) is 14.0. The molecule has 0 aliphatic rings. The van der Waals surface area contributed by atoms with Gasteiger partial charge in [0.15, 0.2) is 0 Å². The van der Waals surface area contributed by atoms with Crippen LogP contribution in [0.1, 0.15) is 70.6 Å². The zero-order valence-corrected chi connectivity index (χ0v) is 16.9. The number of hydrogen-bond donors (Lipinski definition) is 2. The van der Waals surface area contributed by atoms with Gasteiger partial charge in [-0.3, -0.25) is 0 Å². The lowest BCUT2D eigenvalue weighted by Crippen LogP contribution is -2.17. The first kappa shape index (κ1) is 18.9. The first-order valence-corrected chi connectivity index (χ1v) is 9.34. The van der Waals surface area contributed by atoms with E-state index in [0.29, 0.717) is 5.75 Å². The summed E-state index contributed by atoms with van der Waals surface area (Å²) in [4.78, 5) is 4.80. The quantitative estimate of drug-likeness (QED) is 0.783. The maximum Gasteiger partial charge on any atom is 0.123 e. The molecule has 3 nitrogen and oxygen atoms in total. The van der Waals surface area contributed by atoms with Crippen molar-refractivity contribution in [3.05, 3.63) is 33.6 Å². The van der Waals surface area contributed by atoms with E-state index in [1.54, 1.807) is 11.3 Å². The SMILES string of the molecule is CN[C@@H](C)c1nc(-c2cc(C(C)(C)C)c(O)c(C(C)(C)C)c2)cs1. The Hall–Kier alpha value is -1.39. The number of aromatic hydroxyl groups is 1. The number of nitrogens with zero attached hydrogens (tertiary/aromatic N) is 1. The minimum absolute atomic E-state index is 0.128. The van der Waals surface area contributed by atoms with E-state index in [2.05, 4.69) is 71.3 Å². The third-order valence-corrected chi connectivity index (χ3v) is 5.37. The number of hydrogen-bond acceptors (Lipinski definition) is 4. The van der Waals surface area contributed by atoms with Crippen molar-refractivity contribution in [2.75, 3.05) is 7.05 Å². The summed E-state index contributed by atoms with van der Waals surface area (Å²) in [7, 11) is 1.95. The van der Waals surface area contributed by atoms with Crippen LogP contribution in [0.4, 0.5) is 0 Å². The first-order valence-electron chi connectivity index (χ1n) is 8.46. The molecular weight excluding hydrogens is 316 g/mol. The molecule has 0 saturated heterocycles. The maximum absolute atomic E-state index is 10.8. The summed E-state index contributed by atoms with van der Waals surface area (Å²) in [6.45, 7) is 14.9. The average Bonchev–Trinajstić information content (AvgIpc) is 2.94. The highest BCUT2D eigenvalue weighted by atomic mass is 32.1. The molecule has 0 fully saturated rings. The summed E-state index contributed by atoms with van der Waals surface area (Å²) in [5.74, 6) is 0.415. The standard InChI is InChI=1S/C20H30N2OS/c1-12(21-8)18-22-16(11-24-18)13-9-14(19(2,3)4)17(23)15(10-13)20(5,6)7/h9-12,21,23H,1-8H3/t12-/m0/s1. The van der Waals surface area contributed by atoms with Crippen molar-refractivity contribution in [1.29, 1.82) is 0 Å². The van der Waals surface area contributed by atoms with Gasteiger partial charge in [-0.15, -0.1) is 11.3 Å². The van der Waals surface area contributed by atoms with E-state index in [-0.39, 0.29) is 16.9 Å². The Morgan fingerprint density at radius 1 is 1.04 bits per heavy atom. The molecule has 2 aromatic rings. The van der Waals surface area contributed by atoms with Crippen LogP contribution in [0.5, 0.6) is 5.75 Å². The average molecular weight is 347 g/mol. The Labute approximate surface area is 150 Å². The van der Waals surface area contributed by atoms with Gasteiger partial charge < -0.3 is 10.4 Å². The molecule has 0 amide bonds. The molecule has 132 valence electrons. The van der Waals surface area contributed by atoms with Crippen molar-refractivity contribution in [2.24, 2.45) is 0 Å². The molecule has 0 radical (unpaired) electrons. The van der Waals surface area contributed by atoms with Crippen molar-refractivity contribution in [1.82, 2.24) is 10.3 Å². The van der Waals surface area contributed by atoms with Crippen molar-refractivity contribution in [3.63, 3.8) is 0 Å². The lowest BCUT2D eigenvalue weighted by atomic mass is 9.78. The van der Waals surface area contributed by atoms with E-state index in [0.717, 1.165) is 27.4 Å². The molecule has 24 heavy (non-hydrogen) atoms. The number of phenolic OH excluding ortho intramolecular Hbond substituents is 1. The molecule has 1 aromatic heterocycles. The van der Waals surface area contributed by atoms with Gasteiger partial charge in [-0.05, 0) is 36.9 Å². The number of phenols is 1. The fraction of sp³-hybridized carbons (Fsp3) is 0.550. The number of aromatic nitrogens is 1. The number of nitrogens with one attached hydrogen (secondary N) is 1. The van der Waals surface area contributed by atoms with Gasteiger partial charge in [0, 0.05) is 22.1 Å². The molecule has 1 aromatic carbocycles. The van der Waals surface area contributed by atoms with Gasteiger partial charge in [0.2, 0.25) is 0 Å². The second kappa shape index (κ2) is 6.49. The Morgan fingerprint density at radius 2 is 1.54 bits per heavy atom. The van der Waals surface area contributed by atoms with E-state index in [1.807, 2.05) is 7.05 Å².